The molecule has 0 aliphatic rings. The van der Waals surface area contributed by atoms with E-state index in [1.54, 1.807) is 6.21 Å². The summed E-state index contributed by atoms with van der Waals surface area (Å²) in [5.41, 5.74) is 4.21. The molecule has 6 heteroatoms. The van der Waals surface area contributed by atoms with Gasteiger partial charge in [-0.25, -0.2) is 5.43 Å². The first-order chi connectivity index (χ1) is 10.6. The standard InChI is InChI=1S/C16H17N3O2S/c1-12-4-2-5-13(10-12)18-15(20)7-8-16(21)19-17-11-14-6-3-9-22-14/h2-6,9-11H,7-8H2,1H3,(H,18,20)(H,19,21)/b17-11-. The van der Waals surface area contributed by atoms with Crippen LogP contribution in [0.4, 0.5) is 5.69 Å². The SMILES string of the molecule is Cc1cccc(NC(=O)CCC(=O)N/N=C\c2cccs2)c1. The molecule has 0 atom stereocenters. The van der Waals surface area contributed by atoms with E-state index in [0.717, 1.165) is 16.1 Å². The number of hydrogen-bond acceptors (Lipinski definition) is 4. The molecule has 0 saturated carbocycles. The summed E-state index contributed by atoms with van der Waals surface area (Å²) in [7, 11) is 0. The van der Waals surface area contributed by atoms with Crippen molar-refractivity contribution in [1.29, 1.82) is 0 Å². The maximum Gasteiger partial charge on any atom is 0.240 e. The number of carbonyl (C=O) groups excluding carboxylic acids is 2. The van der Waals surface area contributed by atoms with Gasteiger partial charge in [0, 0.05) is 23.4 Å². The number of nitrogens with zero attached hydrogens (tertiary/aromatic N) is 1. The van der Waals surface area contributed by atoms with Gasteiger partial charge in [0.2, 0.25) is 11.8 Å². The van der Waals surface area contributed by atoms with Crippen LogP contribution in [-0.4, -0.2) is 18.0 Å². The third kappa shape index (κ3) is 5.49. The summed E-state index contributed by atoms with van der Waals surface area (Å²) in [6, 6.07) is 11.3. The monoisotopic (exact) mass is 315 g/mol. The molecule has 0 radical (unpaired) electrons. The fourth-order valence-electron chi connectivity index (χ4n) is 1.76. The highest BCUT2D eigenvalue weighted by atomic mass is 32.1. The highest BCUT2D eigenvalue weighted by Crippen LogP contribution is 2.10. The van der Waals surface area contributed by atoms with Crippen LogP contribution in [0.15, 0.2) is 46.9 Å². The fourth-order valence-corrected chi connectivity index (χ4v) is 2.35. The van der Waals surface area contributed by atoms with E-state index >= 15 is 0 Å². The van der Waals surface area contributed by atoms with Gasteiger partial charge in [0.05, 0.1) is 6.21 Å². The summed E-state index contributed by atoms with van der Waals surface area (Å²) in [6.45, 7) is 1.95. The number of aryl methyl sites for hydroxylation is 1. The van der Waals surface area contributed by atoms with E-state index in [2.05, 4.69) is 15.8 Å². The predicted molar refractivity (Wildman–Crippen MR) is 89.1 cm³/mol. The van der Waals surface area contributed by atoms with Crippen molar-refractivity contribution >= 4 is 35.1 Å². The Hall–Kier alpha value is -2.47. The summed E-state index contributed by atoms with van der Waals surface area (Å²) >= 11 is 1.53. The number of anilines is 1. The molecule has 2 amide bonds. The third-order valence-electron chi connectivity index (χ3n) is 2.81. The zero-order valence-corrected chi connectivity index (χ0v) is 13.0. The van der Waals surface area contributed by atoms with E-state index < -0.39 is 0 Å². The van der Waals surface area contributed by atoms with Crippen LogP contribution in [0, 0.1) is 6.92 Å². The van der Waals surface area contributed by atoms with E-state index in [1.165, 1.54) is 11.3 Å². The Labute approximate surface area is 133 Å². The van der Waals surface area contributed by atoms with Gasteiger partial charge in [-0.3, -0.25) is 9.59 Å². The van der Waals surface area contributed by atoms with Crippen molar-refractivity contribution in [3.05, 3.63) is 52.2 Å². The fraction of sp³-hybridized carbons (Fsp3) is 0.188. The van der Waals surface area contributed by atoms with Crippen LogP contribution in [0.25, 0.3) is 0 Å². The maximum absolute atomic E-state index is 11.8. The number of rotatable bonds is 6. The molecule has 1 aromatic heterocycles. The van der Waals surface area contributed by atoms with Crippen LogP contribution in [0.1, 0.15) is 23.3 Å². The Kier molecular flexibility index (Phi) is 5.85. The Bertz CT molecular complexity index is 666. The molecule has 5 nitrogen and oxygen atoms in total. The Morgan fingerprint density at radius 2 is 2.00 bits per heavy atom. The number of hydrazone groups is 1. The van der Waals surface area contributed by atoms with Crippen molar-refractivity contribution in [3.63, 3.8) is 0 Å². The van der Waals surface area contributed by atoms with Crippen LogP contribution < -0.4 is 10.7 Å². The number of amides is 2. The summed E-state index contributed by atoms with van der Waals surface area (Å²) in [5.74, 6) is -0.477. The highest BCUT2D eigenvalue weighted by molar-refractivity contribution is 7.11. The third-order valence-corrected chi connectivity index (χ3v) is 3.61. The molecule has 0 spiro atoms. The van der Waals surface area contributed by atoms with Gasteiger partial charge in [-0.2, -0.15) is 5.10 Å². The van der Waals surface area contributed by atoms with Gasteiger partial charge in [0.25, 0.3) is 0 Å². The molecule has 1 aromatic carbocycles. The molecular formula is C16H17N3O2S. The van der Waals surface area contributed by atoms with Crippen LogP contribution >= 0.6 is 11.3 Å². The lowest BCUT2D eigenvalue weighted by molar-refractivity contribution is -0.124. The average Bonchev–Trinajstić information content (AvgIpc) is 2.98. The summed E-state index contributed by atoms with van der Waals surface area (Å²) in [5, 5.41) is 8.53. The van der Waals surface area contributed by atoms with Crippen molar-refractivity contribution in [2.75, 3.05) is 5.32 Å². The Balaban J connectivity index is 1.70. The molecule has 0 aliphatic carbocycles. The molecule has 2 aromatic rings. The maximum atomic E-state index is 11.8. The molecule has 22 heavy (non-hydrogen) atoms. The number of hydrogen-bond donors (Lipinski definition) is 2. The average molecular weight is 315 g/mol. The smallest absolute Gasteiger partial charge is 0.240 e. The molecule has 0 bridgehead atoms. The van der Waals surface area contributed by atoms with E-state index in [9.17, 15) is 9.59 Å². The predicted octanol–water partition coefficient (Wildman–Crippen LogP) is 2.93. The zero-order chi connectivity index (χ0) is 15.8. The molecule has 2 rings (SSSR count). The number of benzene rings is 1. The van der Waals surface area contributed by atoms with Gasteiger partial charge in [-0.15, -0.1) is 11.3 Å². The van der Waals surface area contributed by atoms with Crippen molar-refractivity contribution in [2.24, 2.45) is 5.10 Å². The lowest BCUT2D eigenvalue weighted by atomic mass is 10.2. The molecule has 1 heterocycles. The first-order valence-corrected chi connectivity index (χ1v) is 7.73. The van der Waals surface area contributed by atoms with Crippen molar-refractivity contribution in [3.8, 4) is 0 Å². The molecule has 0 aliphatic heterocycles. The number of carbonyl (C=O) groups is 2. The van der Waals surface area contributed by atoms with Crippen LogP contribution in [-0.2, 0) is 9.59 Å². The topological polar surface area (TPSA) is 70.6 Å². The molecule has 0 saturated heterocycles. The van der Waals surface area contributed by atoms with E-state index in [4.69, 9.17) is 0 Å². The van der Waals surface area contributed by atoms with Gasteiger partial charge in [0.1, 0.15) is 0 Å². The van der Waals surface area contributed by atoms with Crippen molar-refractivity contribution in [2.45, 2.75) is 19.8 Å². The van der Waals surface area contributed by atoms with Crippen molar-refractivity contribution < 1.29 is 9.59 Å². The van der Waals surface area contributed by atoms with E-state index in [0.29, 0.717) is 0 Å². The quantitative estimate of drug-likeness (QED) is 0.635. The molecule has 114 valence electrons. The lowest BCUT2D eigenvalue weighted by Crippen LogP contribution is -2.20. The molecule has 0 unspecified atom stereocenters. The molecule has 0 fully saturated rings. The van der Waals surface area contributed by atoms with Gasteiger partial charge in [-0.05, 0) is 36.1 Å². The highest BCUT2D eigenvalue weighted by Gasteiger charge is 2.06. The summed E-state index contributed by atoms with van der Waals surface area (Å²) in [6.07, 6.45) is 1.79. The lowest BCUT2D eigenvalue weighted by Gasteiger charge is -2.05. The minimum atomic E-state index is -0.285. The summed E-state index contributed by atoms with van der Waals surface area (Å²) in [4.78, 5) is 24.3. The van der Waals surface area contributed by atoms with E-state index in [1.807, 2.05) is 48.7 Å². The summed E-state index contributed by atoms with van der Waals surface area (Å²) < 4.78 is 0. The number of thiophene rings is 1. The second kappa shape index (κ2) is 8.09. The Morgan fingerprint density at radius 1 is 1.18 bits per heavy atom. The Morgan fingerprint density at radius 3 is 2.73 bits per heavy atom. The zero-order valence-electron chi connectivity index (χ0n) is 12.2. The van der Waals surface area contributed by atoms with Gasteiger partial charge < -0.3 is 5.32 Å². The second-order valence-electron chi connectivity index (χ2n) is 4.73. The minimum Gasteiger partial charge on any atom is -0.326 e. The van der Waals surface area contributed by atoms with Crippen LogP contribution in [0.5, 0.6) is 0 Å². The normalized spacial score (nSPS) is 10.6. The minimum absolute atomic E-state index is 0.0967. The van der Waals surface area contributed by atoms with Gasteiger partial charge in [-0.1, -0.05) is 18.2 Å². The van der Waals surface area contributed by atoms with E-state index in [-0.39, 0.29) is 24.7 Å². The molecule has 2 N–H and O–H groups in total. The van der Waals surface area contributed by atoms with Gasteiger partial charge >= 0.3 is 0 Å². The number of nitrogens with one attached hydrogen (secondary N) is 2. The first-order valence-electron chi connectivity index (χ1n) is 6.85. The van der Waals surface area contributed by atoms with Crippen LogP contribution in [0.3, 0.4) is 0 Å². The van der Waals surface area contributed by atoms with Gasteiger partial charge in [0.15, 0.2) is 0 Å². The molecular weight excluding hydrogens is 298 g/mol. The van der Waals surface area contributed by atoms with Crippen LogP contribution in [0.2, 0.25) is 0 Å². The van der Waals surface area contributed by atoms with Crippen molar-refractivity contribution in [1.82, 2.24) is 5.43 Å². The largest absolute Gasteiger partial charge is 0.326 e. The second-order valence-corrected chi connectivity index (χ2v) is 5.71. The first kappa shape index (κ1) is 15.9.